The van der Waals surface area contributed by atoms with Gasteiger partial charge in [-0.2, -0.15) is 0 Å². The number of aryl methyl sites for hydroxylation is 2. The Labute approximate surface area is 176 Å². The van der Waals surface area contributed by atoms with Crippen LogP contribution in [0.25, 0.3) is 22.3 Å². The molecule has 0 amide bonds. The van der Waals surface area contributed by atoms with Crippen LogP contribution in [0.3, 0.4) is 0 Å². The van der Waals surface area contributed by atoms with Crippen LogP contribution in [-0.2, 0) is 19.4 Å². The molecule has 4 rings (SSSR count). The number of piperidine rings is 1. The van der Waals surface area contributed by atoms with Crippen molar-refractivity contribution in [2.75, 3.05) is 13.1 Å². The van der Waals surface area contributed by atoms with E-state index in [0.717, 1.165) is 19.4 Å². The smallest absolute Gasteiger partial charge is 0.0240 e. The highest BCUT2D eigenvalue weighted by Gasteiger charge is 2.19. The minimum atomic E-state index is 1.05. The highest BCUT2D eigenvalue weighted by Crippen LogP contribution is 2.39. The molecule has 1 fully saturated rings. The monoisotopic (exact) mass is 383 g/mol. The minimum absolute atomic E-state index is 1.05. The summed E-state index contributed by atoms with van der Waals surface area (Å²) in [5.41, 5.74) is 9.96. The van der Waals surface area contributed by atoms with Gasteiger partial charge in [0.2, 0.25) is 0 Å². The highest BCUT2D eigenvalue weighted by atomic mass is 15.1. The van der Waals surface area contributed by atoms with Crippen molar-refractivity contribution < 1.29 is 0 Å². The van der Waals surface area contributed by atoms with Crippen LogP contribution >= 0.6 is 0 Å². The maximum absolute atomic E-state index is 2.65. The van der Waals surface area contributed by atoms with E-state index in [9.17, 15) is 0 Å². The Bertz CT molecular complexity index is 950. The topological polar surface area (TPSA) is 3.24 Å². The second-order valence-corrected chi connectivity index (χ2v) is 8.20. The lowest BCUT2D eigenvalue weighted by atomic mass is 9.85. The lowest BCUT2D eigenvalue weighted by molar-refractivity contribution is 0.221. The van der Waals surface area contributed by atoms with Crippen LogP contribution in [0.4, 0.5) is 0 Å². The first-order chi connectivity index (χ1) is 14.3. The molecule has 1 heterocycles. The van der Waals surface area contributed by atoms with Crippen molar-refractivity contribution in [2.45, 2.75) is 52.5 Å². The number of hydrogen-bond acceptors (Lipinski definition) is 1. The summed E-state index contributed by atoms with van der Waals surface area (Å²) in [4.78, 5) is 2.65. The van der Waals surface area contributed by atoms with E-state index < -0.39 is 0 Å². The predicted molar refractivity (Wildman–Crippen MR) is 125 cm³/mol. The highest BCUT2D eigenvalue weighted by molar-refractivity contribution is 5.88. The molecular formula is C28H33N. The molecule has 29 heavy (non-hydrogen) atoms. The first-order valence-corrected chi connectivity index (χ1v) is 11.3. The van der Waals surface area contributed by atoms with Gasteiger partial charge >= 0.3 is 0 Å². The molecule has 3 aromatic rings. The Morgan fingerprint density at radius 1 is 0.586 bits per heavy atom. The van der Waals surface area contributed by atoms with Gasteiger partial charge in [0.25, 0.3) is 0 Å². The zero-order valence-corrected chi connectivity index (χ0v) is 18.0. The third-order valence-electron chi connectivity index (χ3n) is 6.35. The Morgan fingerprint density at radius 2 is 1.14 bits per heavy atom. The van der Waals surface area contributed by atoms with E-state index in [-0.39, 0.29) is 0 Å². The minimum Gasteiger partial charge on any atom is -0.299 e. The lowest BCUT2D eigenvalue weighted by Gasteiger charge is -2.28. The maximum Gasteiger partial charge on any atom is 0.0240 e. The normalized spacial score (nSPS) is 14.8. The zero-order valence-electron chi connectivity index (χ0n) is 18.0. The molecule has 0 N–H and O–H groups in total. The molecule has 0 radical (unpaired) electrons. The van der Waals surface area contributed by atoms with E-state index >= 15 is 0 Å². The number of nitrogens with zero attached hydrogens (tertiary/aromatic N) is 1. The maximum atomic E-state index is 2.65. The molecule has 1 nitrogen and oxygen atoms in total. The van der Waals surface area contributed by atoms with Crippen molar-refractivity contribution in [2.24, 2.45) is 0 Å². The number of hydrogen-bond donors (Lipinski definition) is 0. The Kier molecular flexibility index (Phi) is 6.46. The van der Waals surface area contributed by atoms with Gasteiger partial charge in [-0.15, -0.1) is 0 Å². The quantitative estimate of drug-likeness (QED) is 0.437. The van der Waals surface area contributed by atoms with E-state index in [0.29, 0.717) is 0 Å². The average molecular weight is 384 g/mol. The van der Waals surface area contributed by atoms with E-state index in [1.54, 1.807) is 0 Å². The molecule has 1 heteroatoms. The van der Waals surface area contributed by atoms with Gasteiger partial charge < -0.3 is 0 Å². The number of likely N-dealkylation sites (tertiary alicyclic amines) is 1. The third kappa shape index (κ3) is 4.31. The molecule has 0 spiro atoms. The Morgan fingerprint density at radius 3 is 1.83 bits per heavy atom. The van der Waals surface area contributed by atoms with Gasteiger partial charge in [0.1, 0.15) is 0 Å². The third-order valence-corrected chi connectivity index (χ3v) is 6.35. The van der Waals surface area contributed by atoms with E-state index in [1.165, 1.54) is 71.3 Å². The summed E-state index contributed by atoms with van der Waals surface area (Å²) >= 11 is 0. The van der Waals surface area contributed by atoms with E-state index in [4.69, 9.17) is 0 Å². The molecular weight excluding hydrogens is 350 g/mol. The summed E-state index contributed by atoms with van der Waals surface area (Å²) in [5.74, 6) is 0. The van der Waals surface area contributed by atoms with E-state index in [2.05, 4.69) is 85.5 Å². The van der Waals surface area contributed by atoms with Crippen LogP contribution < -0.4 is 0 Å². The summed E-state index contributed by atoms with van der Waals surface area (Å²) in [6.07, 6.45) is 6.16. The molecule has 1 saturated heterocycles. The fourth-order valence-electron chi connectivity index (χ4n) is 4.80. The van der Waals surface area contributed by atoms with Gasteiger partial charge in [0.15, 0.2) is 0 Å². The van der Waals surface area contributed by atoms with Gasteiger partial charge in [-0.1, -0.05) is 87.0 Å². The molecule has 1 aliphatic heterocycles. The predicted octanol–water partition coefficient (Wildman–Crippen LogP) is 7.13. The summed E-state index contributed by atoms with van der Waals surface area (Å²) in [6.45, 7) is 8.03. The molecule has 1 aliphatic rings. The molecule has 3 aromatic carbocycles. The number of benzene rings is 3. The standard InChI is InChI=1S/C28H33N/c1-3-22-13-6-8-16-25(22)27-18-12-15-24(21-29-19-10-5-11-20-29)28(27)26-17-9-7-14-23(26)4-2/h6-9,12-18H,3-5,10-11,19-21H2,1-2H3. The second kappa shape index (κ2) is 9.41. The van der Waals surface area contributed by atoms with E-state index in [1.807, 2.05) is 0 Å². The van der Waals surface area contributed by atoms with Crippen LogP contribution in [0.1, 0.15) is 49.8 Å². The van der Waals surface area contributed by atoms with Crippen LogP contribution in [-0.4, -0.2) is 18.0 Å². The lowest BCUT2D eigenvalue weighted by Crippen LogP contribution is -2.29. The second-order valence-electron chi connectivity index (χ2n) is 8.20. The van der Waals surface area contributed by atoms with Crippen molar-refractivity contribution in [1.29, 1.82) is 0 Å². The van der Waals surface area contributed by atoms with Gasteiger partial charge in [-0.3, -0.25) is 4.90 Å². The van der Waals surface area contributed by atoms with Crippen LogP contribution in [0.5, 0.6) is 0 Å². The molecule has 0 unspecified atom stereocenters. The van der Waals surface area contributed by atoms with Crippen molar-refractivity contribution in [1.82, 2.24) is 4.90 Å². The Hall–Kier alpha value is -2.38. The average Bonchev–Trinajstić information content (AvgIpc) is 2.79. The van der Waals surface area contributed by atoms with Crippen LogP contribution in [0, 0.1) is 0 Å². The van der Waals surface area contributed by atoms with Gasteiger partial charge in [-0.05, 0) is 77.7 Å². The fraction of sp³-hybridized carbons (Fsp3) is 0.357. The molecule has 0 bridgehead atoms. The largest absolute Gasteiger partial charge is 0.299 e. The van der Waals surface area contributed by atoms with Crippen molar-refractivity contribution in [3.63, 3.8) is 0 Å². The molecule has 0 saturated carbocycles. The zero-order chi connectivity index (χ0) is 20.1. The van der Waals surface area contributed by atoms with Gasteiger partial charge in [0.05, 0.1) is 0 Å². The van der Waals surface area contributed by atoms with Crippen molar-refractivity contribution in [3.05, 3.63) is 83.4 Å². The number of rotatable bonds is 6. The SMILES string of the molecule is CCc1ccccc1-c1cccc(CN2CCCCC2)c1-c1ccccc1CC. The first kappa shape index (κ1) is 19.9. The Balaban J connectivity index is 1.90. The summed E-state index contributed by atoms with van der Waals surface area (Å²) in [5, 5.41) is 0. The molecule has 0 atom stereocenters. The van der Waals surface area contributed by atoms with Crippen LogP contribution in [0.2, 0.25) is 0 Å². The van der Waals surface area contributed by atoms with Crippen LogP contribution in [0.15, 0.2) is 66.7 Å². The molecule has 150 valence electrons. The fourth-order valence-corrected chi connectivity index (χ4v) is 4.80. The summed E-state index contributed by atoms with van der Waals surface area (Å²) in [7, 11) is 0. The first-order valence-electron chi connectivity index (χ1n) is 11.3. The van der Waals surface area contributed by atoms with Crippen molar-refractivity contribution in [3.8, 4) is 22.3 Å². The molecule has 0 aromatic heterocycles. The van der Waals surface area contributed by atoms with Gasteiger partial charge in [-0.25, -0.2) is 0 Å². The van der Waals surface area contributed by atoms with Crippen molar-refractivity contribution >= 4 is 0 Å². The summed E-state index contributed by atoms with van der Waals surface area (Å²) < 4.78 is 0. The molecule has 0 aliphatic carbocycles. The van der Waals surface area contributed by atoms with Gasteiger partial charge in [0, 0.05) is 6.54 Å². The summed E-state index contributed by atoms with van der Waals surface area (Å²) in [6, 6.07) is 24.9.